The van der Waals surface area contributed by atoms with Crippen molar-refractivity contribution >= 4 is 37.7 Å². The smallest absolute Gasteiger partial charge is 0.693 e. The number of benzene rings is 3. The van der Waals surface area contributed by atoms with Gasteiger partial charge in [0.25, 0.3) is 0 Å². The number of nitrogens with two attached hydrogens (primary N) is 1. The Bertz CT molecular complexity index is 573. The third-order valence-electron chi connectivity index (χ3n) is 3.62. The van der Waals surface area contributed by atoms with Crippen molar-refractivity contribution in [1.29, 1.82) is 0 Å². The van der Waals surface area contributed by atoms with Gasteiger partial charge in [0.2, 0.25) is 0 Å². The second-order valence-corrected chi connectivity index (χ2v) is 4.85. The van der Waals surface area contributed by atoms with E-state index in [1.54, 1.807) is 0 Å². The molecule has 3 aromatic carbocycles. The van der Waals surface area contributed by atoms with Gasteiger partial charge in [0.15, 0.2) is 0 Å². The summed E-state index contributed by atoms with van der Waals surface area (Å²) in [5.41, 5.74) is 11.2. The summed E-state index contributed by atoms with van der Waals surface area (Å²) in [6.07, 6.45) is 0. The van der Waals surface area contributed by atoms with E-state index in [9.17, 15) is 0 Å². The Hall–Kier alpha value is -1.16. The topological polar surface area (TPSA) is 57.3 Å². The van der Waals surface area contributed by atoms with Crippen LogP contribution in [0.4, 0.5) is 0 Å². The van der Waals surface area contributed by atoms with Gasteiger partial charge in [-0.15, -0.1) is 0 Å². The van der Waals surface area contributed by atoms with E-state index in [0.29, 0.717) is 0 Å². The summed E-state index contributed by atoms with van der Waals surface area (Å²) in [4.78, 5) is 0. The number of nitrogens with one attached hydrogen (secondary N) is 1. The van der Waals surface area contributed by atoms with Gasteiger partial charge in [0.1, 0.15) is 0 Å². The maximum atomic E-state index is 9.14. The first-order valence-corrected chi connectivity index (χ1v) is 6.73. The molecule has 0 radical (unpaired) electrons. The summed E-state index contributed by atoms with van der Waals surface area (Å²) in [6, 6.07) is 30.0. The average Bonchev–Trinajstić information content (AvgIpc) is 2.56. The predicted octanol–water partition coefficient (Wildman–Crippen LogP) is 5.37. The monoisotopic (exact) mass is 314 g/mol. The Morgan fingerprint density at radius 3 is 0.955 bits per heavy atom. The third-order valence-corrected chi connectivity index (χ3v) is 3.62. The molecule has 3 aromatic rings. The fourth-order valence-corrected chi connectivity index (χ4v) is 2.56. The first-order chi connectivity index (χ1) is 9.82. The SMILES string of the molecule is [Ca+2].[NH-]C(c1ccccc1)(c1ccccc1)c1ccccc1.[NH2-]. The van der Waals surface area contributed by atoms with Crippen LogP contribution in [0.25, 0.3) is 11.9 Å². The minimum absolute atomic E-state index is 0. The molecule has 0 saturated heterocycles. The Balaban J connectivity index is 0.00000121. The maximum absolute atomic E-state index is 9.14. The van der Waals surface area contributed by atoms with E-state index in [0.717, 1.165) is 16.7 Å². The van der Waals surface area contributed by atoms with Gasteiger partial charge < -0.3 is 11.9 Å². The molecular weight excluding hydrogens is 296 g/mol. The van der Waals surface area contributed by atoms with Crippen LogP contribution in [0.2, 0.25) is 0 Å². The standard InChI is InChI=1S/C19H16N.Ca.H2N/c20-19(16-10-4-1-5-11-16,17-12-6-2-7-13-17)18-14-8-3-9-15-18;;/h1-15,20H;;1H2/q-1;+2;-1. The number of rotatable bonds is 3. The van der Waals surface area contributed by atoms with Crippen molar-refractivity contribution < 1.29 is 0 Å². The molecule has 106 valence electrons. The van der Waals surface area contributed by atoms with Crippen LogP contribution in [-0.2, 0) is 5.54 Å². The number of hydrogen-bond acceptors (Lipinski definition) is 0. The average molecular weight is 314 g/mol. The Morgan fingerprint density at radius 1 is 0.500 bits per heavy atom. The molecular formula is C19H18CaN2. The van der Waals surface area contributed by atoms with E-state index in [4.69, 9.17) is 5.73 Å². The summed E-state index contributed by atoms with van der Waals surface area (Å²) < 4.78 is 0. The minimum Gasteiger partial charge on any atom is -0.693 e. The van der Waals surface area contributed by atoms with Gasteiger partial charge in [-0.1, -0.05) is 108 Å². The third kappa shape index (κ3) is 3.59. The Kier molecular flexibility index (Phi) is 7.27. The van der Waals surface area contributed by atoms with Crippen molar-refractivity contribution in [3.8, 4) is 0 Å². The molecule has 0 saturated carbocycles. The fraction of sp³-hybridized carbons (Fsp3) is 0.0526. The molecule has 0 aliphatic rings. The second-order valence-electron chi connectivity index (χ2n) is 4.85. The largest absolute Gasteiger partial charge is 2.00 e. The van der Waals surface area contributed by atoms with Crippen LogP contribution < -0.4 is 0 Å². The maximum Gasteiger partial charge on any atom is 2.00 e. The molecule has 0 aliphatic carbocycles. The molecule has 0 atom stereocenters. The van der Waals surface area contributed by atoms with Gasteiger partial charge in [-0.2, -0.15) is 0 Å². The van der Waals surface area contributed by atoms with Crippen molar-refractivity contribution in [2.75, 3.05) is 0 Å². The molecule has 0 amide bonds. The van der Waals surface area contributed by atoms with Gasteiger partial charge >= 0.3 is 37.7 Å². The van der Waals surface area contributed by atoms with Crippen LogP contribution in [-0.4, -0.2) is 37.7 Å². The molecule has 2 nitrogen and oxygen atoms in total. The van der Waals surface area contributed by atoms with E-state index in [-0.39, 0.29) is 43.9 Å². The fourth-order valence-electron chi connectivity index (χ4n) is 2.56. The predicted molar refractivity (Wildman–Crippen MR) is 94.6 cm³/mol. The van der Waals surface area contributed by atoms with Gasteiger partial charge in [0.05, 0.1) is 0 Å². The van der Waals surface area contributed by atoms with Crippen LogP contribution in [0.1, 0.15) is 16.7 Å². The molecule has 0 aliphatic heterocycles. The Labute approximate surface area is 162 Å². The van der Waals surface area contributed by atoms with Crippen LogP contribution in [0.3, 0.4) is 0 Å². The molecule has 0 aromatic heterocycles. The summed E-state index contributed by atoms with van der Waals surface area (Å²) in [7, 11) is 0. The molecule has 0 unspecified atom stereocenters. The molecule has 0 spiro atoms. The van der Waals surface area contributed by atoms with E-state index in [1.165, 1.54) is 0 Å². The van der Waals surface area contributed by atoms with Crippen molar-refractivity contribution in [2.24, 2.45) is 0 Å². The first-order valence-electron chi connectivity index (χ1n) is 6.73. The summed E-state index contributed by atoms with van der Waals surface area (Å²) in [6.45, 7) is 0. The second kappa shape index (κ2) is 8.47. The zero-order valence-corrected chi connectivity index (χ0v) is 14.7. The van der Waals surface area contributed by atoms with Crippen molar-refractivity contribution in [1.82, 2.24) is 0 Å². The quantitative estimate of drug-likeness (QED) is 0.461. The van der Waals surface area contributed by atoms with Gasteiger partial charge in [-0.05, 0) is 5.54 Å². The van der Waals surface area contributed by atoms with Crippen molar-refractivity contribution in [3.63, 3.8) is 0 Å². The molecule has 3 rings (SSSR count). The van der Waals surface area contributed by atoms with E-state index >= 15 is 0 Å². The molecule has 0 bridgehead atoms. The van der Waals surface area contributed by atoms with Crippen LogP contribution in [0, 0.1) is 0 Å². The van der Waals surface area contributed by atoms with Crippen LogP contribution in [0.15, 0.2) is 91.0 Å². The summed E-state index contributed by atoms with van der Waals surface area (Å²) in [5.74, 6) is 0. The summed E-state index contributed by atoms with van der Waals surface area (Å²) >= 11 is 0. The first kappa shape index (κ1) is 18.9. The molecule has 3 heteroatoms. The number of hydrogen-bond donors (Lipinski definition) is 0. The molecule has 3 N–H and O–H groups in total. The minimum atomic E-state index is -0.871. The van der Waals surface area contributed by atoms with Gasteiger partial charge in [-0.3, -0.25) is 0 Å². The molecule has 0 heterocycles. The van der Waals surface area contributed by atoms with E-state index < -0.39 is 5.54 Å². The van der Waals surface area contributed by atoms with Crippen LogP contribution in [0.5, 0.6) is 0 Å². The van der Waals surface area contributed by atoms with Crippen molar-refractivity contribution in [3.05, 3.63) is 120 Å². The van der Waals surface area contributed by atoms with E-state index in [2.05, 4.69) is 0 Å². The zero-order valence-electron chi connectivity index (χ0n) is 12.4. The normalized spacial score (nSPS) is 10.2. The molecule has 0 fully saturated rings. The van der Waals surface area contributed by atoms with Crippen molar-refractivity contribution in [2.45, 2.75) is 5.54 Å². The van der Waals surface area contributed by atoms with Gasteiger partial charge in [0, 0.05) is 0 Å². The van der Waals surface area contributed by atoms with Crippen LogP contribution >= 0.6 is 0 Å². The van der Waals surface area contributed by atoms with E-state index in [1.807, 2.05) is 91.0 Å². The molecule has 22 heavy (non-hydrogen) atoms. The van der Waals surface area contributed by atoms with Gasteiger partial charge in [-0.25, -0.2) is 0 Å². The summed E-state index contributed by atoms with van der Waals surface area (Å²) in [5, 5.41) is 0. The zero-order chi connectivity index (χ0) is 13.8. The Morgan fingerprint density at radius 2 is 0.727 bits per heavy atom.